The minimum Gasteiger partial charge on any atom is -0.462 e. The quantitative estimate of drug-likeness (QED) is 0.0261. The molecule has 0 aliphatic carbocycles. The summed E-state index contributed by atoms with van der Waals surface area (Å²) in [6.45, 7) is 6.40. The maximum atomic E-state index is 12.7. The molecule has 0 heterocycles. The summed E-state index contributed by atoms with van der Waals surface area (Å²) in [5, 5.41) is 0. The van der Waals surface area contributed by atoms with Gasteiger partial charge in [0.15, 0.2) is 6.10 Å². The molecule has 6 nitrogen and oxygen atoms in total. The van der Waals surface area contributed by atoms with E-state index in [4.69, 9.17) is 14.2 Å². The molecule has 0 bridgehead atoms. The highest BCUT2D eigenvalue weighted by molar-refractivity contribution is 5.71. The van der Waals surface area contributed by atoms with Crippen LogP contribution in [-0.2, 0) is 28.6 Å². The molecule has 0 spiro atoms. The lowest BCUT2D eigenvalue weighted by atomic mass is 10.0. The monoisotopic (exact) mass is 1000 g/mol. The van der Waals surface area contributed by atoms with Crippen molar-refractivity contribution in [1.82, 2.24) is 0 Å². The highest BCUT2D eigenvalue weighted by Gasteiger charge is 2.19. The summed E-state index contributed by atoms with van der Waals surface area (Å²) in [4.78, 5) is 37.8. The highest BCUT2D eigenvalue weighted by Crippen LogP contribution is 2.17. The molecule has 0 saturated carbocycles. The molecule has 0 aromatic heterocycles. The van der Waals surface area contributed by atoms with Crippen molar-refractivity contribution < 1.29 is 28.6 Å². The van der Waals surface area contributed by atoms with Crippen molar-refractivity contribution in [2.75, 3.05) is 13.2 Å². The first-order chi connectivity index (χ1) is 35.5. The van der Waals surface area contributed by atoms with Gasteiger partial charge >= 0.3 is 17.9 Å². The molecule has 0 aromatic rings. The third-order valence-electron chi connectivity index (χ3n) is 13.1. The predicted molar refractivity (Wildman–Crippen MR) is 311 cm³/mol. The van der Waals surface area contributed by atoms with E-state index in [-0.39, 0.29) is 31.1 Å². The Balaban J connectivity index is 3.92. The number of ether oxygens (including phenoxy) is 3. The van der Waals surface area contributed by atoms with Crippen LogP contribution in [0.4, 0.5) is 0 Å². The fourth-order valence-electron chi connectivity index (χ4n) is 8.57. The molecule has 1 unspecified atom stereocenters. The number of allylic oxidation sites excluding steroid dienone is 14. The molecular weight excluding hydrogens is 889 g/mol. The summed E-state index contributed by atoms with van der Waals surface area (Å²) in [7, 11) is 0. The second-order valence-corrected chi connectivity index (χ2v) is 20.2. The zero-order valence-corrected chi connectivity index (χ0v) is 47.4. The molecule has 0 amide bonds. The molecule has 1 atom stereocenters. The number of carbonyl (C=O) groups is 3. The van der Waals surface area contributed by atoms with Crippen LogP contribution in [0.1, 0.15) is 297 Å². The Labute approximate surface area is 445 Å². The molecule has 0 radical (unpaired) electrons. The highest BCUT2D eigenvalue weighted by atomic mass is 16.6. The van der Waals surface area contributed by atoms with Gasteiger partial charge in [-0.25, -0.2) is 0 Å². The van der Waals surface area contributed by atoms with Crippen LogP contribution in [0.15, 0.2) is 85.1 Å². The smallest absolute Gasteiger partial charge is 0.306 e. The normalized spacial score (nSPS) is 12.7. The number of unbranched alkanes of at least 4 members (excludes halogenated alkanes) is 30. The lowest BCUT2D eigenvalue weighted by Crippen LogP contribution is -2.30. The zero-order valence-electron chi connectivity index (χ0n) is 47.4. The number of esters is 3. The minimum atomic E-state index is -0.777. The summed E-state index contributed by atoms with van der Waals surface area (Å²) < 4.78 is 16.7. The molecule has 0 aliphatic heterocycles. The number of hydrogen-bond acceptors (Lipinski definition) is 6. The van der Waals surface area contributed by atoms with E-state index in [1.54, 1.807) is 0 Å². The Morgan fingerprint density at radius 2 is 0.569 bits per heavy atom. The van der Waals surface area contributed by atoms with E-state index in [1.165, 1.54) is 135 Å². The first kappa shape index (κ1) is 68.6. The molecular formula is C66H114O6. The number of carbonyl (C=O) groups excluding carboxylic acids is 3. The van der Waals surface area contributed by atoms with Crippen molar-refractivity contribution in [3.05, 3.63) is 85.1 Å². The molecule has 0 fully saturated rings. The van der Waals surface area contributed by atoms with Crippen LogP contribution >= 0.6 is 0 Å². The van der Waals surface area contributed by atoms with E-state index in [1.807, 2.05) is 0 Å². The average Bonchev–Trinajstić information content (AvgIpc) is 3.38. The molecule has 72 heavy (non-hydrogen) atoms. The van der Waals surface area contributed by atoms with Crippen LogP contribution in [0.3, 0.4) is 0 Å². The van der Waals surface area contributed by atoms with Crippen molar-refractivity contribution in [3.8, 4) is 0 Å². The third-order valence-corrected chi connectivity index (χ3v) is 13.1. The van der Waals surface area contributed by atoms with Gasteiger partial charge in [0, 0.05) is 19.3 Å². The van der Waals surface area contributed by atoms with Gasteiger partial charge in [-0.1, -0.05) is 273 Å². The molecule has 6 heteroatoms. The van der Waals surface area contributed by atoms with Crippen molar-refractivity contribution in [2.45, 2.75) is 303 Å². The standard InChI is InChI=1S/C66H114O6/c1-4-7-10-13-16-18-20-22-23-24-25-26-27-28-29-30-31-32-33-34-35-36-37-38-39-40-41-42-43-45-46-48-50-53-56-59-65(68)71-62-63(61-70-64(67)58-55-52-15-12-9-6-3)72-66(69)60-57-54-51-49-47-44-21-19-17-14-11-8-5-2/h7,10-11,14,16,18-19,21-23,25-26,28-29,63H,4-6,8-9,12-13,15,17,20,24,27,30-62H2,1-3H3/b10-7-,14-11-,18-16-,21-19-,23-22-,26-25-,29-28-. The van der Waals surface area contributed by atoms with Gasteiger partial charge in [0.25, 0.3) is 0 Å². The molecule has 0 rings (SSSR count). The van der Waals surface area contributed by atoms with Crippen LogP contribution < -0.4 is 0 Å². The summed E-state index contributed by atoms with van der Waals surface area (Å²) in [6, 6.07) is 0. The van der Waals surface area contributed by atoms with Crippen molar-refractivity contribution in [1.29, 1.82) is 0 Å². The second-order valence-electron chi connectivity index (χ2n) is 20.2. The van der Waals surface area contributed by atoms with Crippen molar-refractivity contribution in [3.63, 3.8) is 0 Å². The summed E-state index contributed by atoms with van der Waals surface area (Å²) in [5.41, 5.74) is 0. The van der Waals surface area contributed by atoms with Crippen LogP contribution in [0, 0.1) is 0 Å². The van der Waals surface area contributed by atoms with E-state index < -0.39 is 6.10 Å². The van der Waals surface area contributed by atoms with E-state index in [9.17, 15) is 14.4 Å². The Morgan fingerprint density at radius 3 is 0.903 bits per heavy atom. The van der Waals surface area contributed by atoms with Gasteiger partial charge in [-0.2, -0.15) is 0 Å². The van der Waals surface area contributed by atoms with Gasteiger partial charge in [0.2, 0.25) is 0 Å². The lowest BCUT2D eigenvalue weighted by Gasteiger charge is -2.18. The van der Waals surface area contributed by atoms with Gasteiger partial charge in [0.05, 0.1) is 0 Å². The summed E-state index contributed by atoms with van der Waals surface area (Å²) in [6.07, 6.45) is 79.3. The first-order valence-electron chi connectivity index (χ1n) is 30.6. The van der Waals surface area contributed by atoms with E-state index in [2.05, 4.69) is 106 Å². The summed E-state index contributed by atoms with van der Waals surface area (Å²) >= 11 is 0. The van der Waals surface area contributed by atoms with Crippen molar-refractivity contribution in [2.24, 2.45) is 0 Å². The fourth-order valence-corrected chi connectivity index (χ4v) is 8.57. The molecule has 0 N–H and O–H groups in total. The van der Waals surface area contributed by atoms with Crippen molar-refractivity contribution >= 4 is 17.9 Å². The van der Waals surface area contributed by atoms with Crippen LogP contribution in [-0.4, -0.2) is 37.2 Å². The zero-order chi connectivity index (χ0) is 52.2. The minimum absolute atomic E-state index is 0.0783. The van der Waals surface area contributed by atoms with E-state index in [0.29, 0.717) is 19.3 Å². The largest absolute Gasteiger partial charge is 0.462 e. The molecule has 414 valence electrons. The molecule has 0 saturated heterocycles. The van der Waals surface area contributed by atoms with Gasteiger partial charge < -0.3 is 14.2 Å². The van der Waals surface area contributed by atoms with Gasteiger partial charge in [-0.3, -0.25) is 14.4 Å². The molecule has 0 aliphatic rings. The Hall–Kier alpha value is -3.41. The predicted octanol–water partition coefficient (Wildman–Crippen LogP) is 20.7. The van der Waals surface area contributed by atoms with Gasteiger partial charge in [-0.15, -0.1) is 0 Å². The second kappa shape index (κ2) is 60.1. The van der Waals surface area contributed by atoms with E-state index in [0.717, 1.165) is 122 Å². The van der Waals surface area contributed by atoms with Crippen LogP contribution in [0.5, 0.6) is 0 Å². The summed E-state index contributed by atoms with van der Waals surface area (Å²) in [5.74, 6) is -0.895. The maximum Gasteiger partial charge on any atom is 0.306 e. The average molecular weight is 1000 g/mol. The molecule has 0 aromatic carbocycles. The lowest BCUT2D eigenvalue weighted by molar-refractivity contribution is -0.167. The SMILES string of the molecule is CC/C=C\C/C=C\C/C=C\C/C=C\C/C=C\CCCCCCCCCCCCCCCCCCCCCC(=O)OCC(COC(=O)CCCCCCCC)OC(=O)CCCCCCC/C=C\C/C=C\CCC. The Kier molecular flexibility index (Phi) is 57.3. The first-order valence-corrected chi connectivity index (χ1v) is 30.6. The Morgan fingerprint density at radius 1 is 0.292 bits per heavy atom. The maximum absolute atomic E-state index is 12.7. The van der Waals surface area contributed by atoms with Gasteiger partial charge in [0.1, 0.15) is 13.2 Å². The fraction of sp³-hybridized carbons (Fsp3) is 0.742. The van der Waals surface area contributed by atoms with Crippen LogP contribution in [0.2, 0.25) is 0 Å². The third kappa shape index (κ3) is 57.5. The van der Waals surface area contributed by atoms with E-state index >= 15 is 0 Å². The topological polar surface area (TPSA) is 78.9 Å². The van der Waals surface area contributed by atoms with Gasteiger partial charge in [-0.05, 0) is 89.9 Å². The Bertz CT molecular complexity index is 1380. The van der Waals surface area contributed by atoms with Crippen LogP contribution in [0.25, 0.3) is 0 Å². The number of rotatable bonds is 55. The number of hydrogen-bond donors (Lipinski definition) is 0.